The van der Waals surface area contributed by atoms with Crippen molar-refractivity contribution < 1.29 is 23.9 Å². The third-order valence-corrected chi connectivity index (χ3v) is 4.82. The molecule has 0 bridgehead atoms. The fraction of sp³-hybridized carbons (Fsp3) is 0.333. The first-order valence-corrected chi connectivity index (χ1v) is 10.1. The second-order valence-electron chi connectivity index (χ2n) is 8.63. The zero-order chi connectivity index (χ0) is 22.8. The number of nitrogens with one attached hydrogen (secondary N) is 1. The molecule has 0 radical (unpaired) electrons. The first-order valence-electron chi connectivity index (χ1n) is 10.1. The summed E-state index contributed by atoms with van der Waals surface area (Å²) in [6.07, 6.45) is 0.0843. The summed E-state index contributed by atoms with van der Waals surface area (Å²) in [4.78, 5) is 50.6. The monoisotopic (exact) mass is 422 g/mol. The minimum absolute atomic E-state index is 0.0843. The van der Waals surface area contributed by atoms with Crippen LogP contribution in [0.2, 0.25) is 0 Å². The van der Waals surface area contributed by atoms with E-state index in [-0.39, 0.29) is 41.7 Å². The van der Waals surface area contributed by atoms with E-state index in [1.807, 2.05) is 39.8 Å². The standard InChI is InChI=1S/C24H26N2O5/c1-15-5-7-16(8-6-15)20(27)14-31-23(30)17-9-11-18(12-10-17)26-21(28)13-19(22(26)29)25-24(2,3)4/h5-12,19,25H,13-14H2,1-4H3. The lowest BCUT2D eigenvalue weighted by Crippen LogP contribution is -2.47. The van der Waals surface area contributed by atoms with Crippen molar-refractivity contribution in [3.8, 4) is 0 Å². The second-order valence-corrected chi connectivity index (χ2v) is 8.63. The van der Waals surface area contributed by atoms with Crippen LogP contribution >= 0.6 is 0 Å². The molecule has 7 nitrogen and oxygen atoms in total. The van der Waals surface area contributed by atoms with Crippen molar-refractivity contribution in [2.45, 2.75) is 45.7 Å². The summed E-state index contributed by atoms with van der Waals surface area (Å²) in [5.41, 5.74) is 1.81. The fourth-order valence-electron chi connectivity index (χ4n) is 3.32. The van der Waals surface area contributed by atoms with Gasteiger partial charge in [-0.1, -0.05) is 29.8 Å². The largest absolute Gasteiger partial charge is 0.454 e. The number of rotatable bonds is 6. The SMILES string of the molecule is Cc1ccc(C(=O)COC(=O)c2ccc(N3C(=O)CC(NC(C)(C)C)C3=O)cc2)cc1. The Kier molecular flexibility index (Phi) is 6.36. The molecular weight excluding hydrogens is 396 g/mol. The predicted octanol–water partition coefficient (Wildman–Crippen LogP) is 3.05. The van der Waals surface area contributed by atoms with E-state index in [2.05, 4.69) is 5.32 Å². The number of Topliss-reactive ketones (excluding diaryl/α,β-unsaturated/α-hetero) is 1. The van der Waals surface area contributed by atoms with Crippen molar-refractivity contribution in [2.75, 3.05) is 11.5 Å². The molecule has 1 heterocycles. The molecule has 2 aromatic rings. The predicted molar refractivity (Wildman–Crippen MR) is 116 cm³/mol. The van der Waals surface area contributed by atoms with Crippen LogP contribution in [0.4, 0.5) is 5.69 Å². The van der Waals surface area contributed by atoms with Crippen molar-refractivity contribution in [3.63, 3.8) is 0 Å². The molecule has 162 valence electrons. The van der Waals surface area contributed by atoms with Crippen LogP contribution in [0, 0.1) is 6.92 Å². The van der Waals surface area contributed by atoms with Gasteiger partial charge in [0.25, 0.3) is 5.91 Å². The van der Waals surface area contributed by atoms with Crippen LogP contribution in [0.15, 0.2) is 48.5 Å². The van der Waals surface area contributed by atoms with E-state index >= 15 is 0 Å². The van der Waals surface area contributed by atoms with E-state index in [4.69, 9.17) is 4.74 Å². The smallest absolute Gasteiger partial charge is 0.338 e. The summed E-state index contributed by atoms with van der Waals surface area (Å²) in [6, 6.07) is 12.4. The molecule has 0 aromatic heterocycles. The van der Waals surface area contributed by atoms with Gasteiger partial charge in [0.2, 0.25) is 5.91 Å². The lowest BCUT2D eigenvalue weighted by atomic mass is 10.1. The van der Waals surface area contributed by atoms with E-state index in [1.54, 1.807) is 12.1 Å². The Morgan fingerprint density at radius 1 is 1.00 bits per heavy atom. The highest BCUT2D eigenvalue weighted by molar-refractivity contribution is 6.22. The number of ketones is 1. The average Bonchev–Trinajstić information content (AvgIpc) is 2.98. The third-order valence-electron chi connectivity index (χ3n) is 4.82. The Balaban J connectivity index is 1.62. The molecule has 2 amide bonds. The lowest BCUT2D eigenvalue weighted by Gasteiger charge is -2.24. The Morgan fingerprint density at radius 2 is 1.58 bits per heavy atom. The quantitative estimate of drug-likeness (QED) is 0.437. The topological polar surface area (TPSA) is 92.8 Å². The van der Waals surface area contributed by atoms with Gasteiger partial charge in [-0.3, -0.25) is 14.4 Å². The molecule has 0 spiro atoms. The number of carbonyl (C=O) groups is 4. The Bertz CT molecular complexity index is 1000. The van der Waals surface area contributed by atoms with Gasteiger partial charge in [0.15, 0.2) is 12.4 Å². The van der Waals surface area contributed by atoms with Crippen molar-refractivity contribution >= 4 is 29.3 Å². The highest BCUT2D eigenvalue weighted by Crippen LogP contribution is 2.24. The van der Waals surface area contributed by atoms with Gasteiger partial charge < -0.3 is 10.1 Å². The number of hydrogen-bond donors (Lipinski definition) is 1. The van der Waals surface area contributed by atoms with E-state index in [9.17, 15) is 19.2 Å². The van der Waals surface area contributed by atoms with E-state index in [1.165, 1.54) is 24.3 Å². The van der Waals surface area contributed by atoms with Crippen LogP contribution in [0.25, 0.3) is 0 Å². The summed E-state index contributed by atoms with van der Waals surface area (Å²) >= 11 is 0. The highest BCUT2D eigenvalue weighted by atomic mass is 16.5. The van der Waals surface area contributed by atoms with Crippen molar-refractivity contribution in [2.24, 2.45) is 0 Å². The summed E-state index contributed by atoms with van der Waals surface area (Å²) in [6.45, 7) is 7.33. The molecule has 2 aromatic carbocycles. The molecule has 1 saturated heterocycles. The number of anilines is 1. The van der Waals surface area contributed by atoms with Gasteiger partial charge in [-0.05, 0) is 52.0 Å². The van der Waals surface area contributed by atoms with Crippen LogP contribution in [-0.2, 0) is 14.3 Å². The Hall–Kier alpha value is -3.32. The molecular formula is C24H26N2O5. The van der Waals surface area contributed by atoms with E-state index in [0.29, 0.717) is 11.3 Å². The molecule has 7 heteroatoms. The third kappa shape index (κ3) is 5.44. The molecule has 31 heavy (non-hydrogen) atoms. The maximum Gasteiger partial charge on any atom is 0.338 e. The number of esters is 1. The first-order chi connectivity index (χ1) is 14.5. The van der Waals surface area contributed by atoms with Crippen LogP contribution in [0.5, 0.6) is 0 Å². The minimum Gasteiger partial charge on any atom is -0.454 e. The number of aryl methyl sites for hydroxylation is 1. The van der Waals surface area contributed by atoms with Gasteiger partial charge >= 0.3 is 5.97 Å². The van der Waals surface area contributed by atoms with Gasteiger partial charge in [0.05, 0.1) is 23.7 Å². The summed E-state index contributed by atoms with van der Waals surface area (Å²) in [5, 5.41) is 3.15. The Morgan fingerprint density at radius 3 is 2.16 bits per heavy atom. The van der Waals surface area contributed by atoms with Gasteiger partial charge in [-0.15, -0.1) is 0 Å². The molecule has 0 aliphatic carbocycles. The van der Waals surface area contributed by atoms with Gasteiger partial charge in [-0.2, -0.15) is 0 Å². The number of nitrogens with zero attached hydrogens (tertiary/aromatic N) is 1. The first kappa shape index (κ1) is 22.4. The number of hydrogen-bond acceptors (Lipinski definition) is 6. The number of imide groups is 1. The molecule has 0 saturated carbocycles. The van der Waals surface area contributed by atoms with Crippen LogP contribution in [0.1, 0.15) is 53.5 Å². The summed E-state index contributed by atoms with van der Waals surface area (Å²) < 4.78 is 5.11. The summed E-state index contributed by atoms with van der Waals surface area (Å²) in [5.74, 6) is -1.57. The summed E-state index contributed by atoms with van der Waals surface area (Å²) in [7, 11) is 0. The second kappa shape index (κ2) is 8.81. The molecule has 3 rings (SSSR count). The zero-order valence-electron chi connectivity index (χ0n) is 18.1. The Labute approximate surface area is 181 Å². The van der Waals surface area contributed by atoms with Crippen LogP contribution in [-0.4, -0.2) is 41.8 Å². The molecule has 1 fully saturated rings. The average molecular weight is 422 g/mol. The lowest BCUT2D eigenvalue weighted by molar-refractivity contribution is -0.121. The van der Waals surface area contributed by atoms with Gasteiger partial charge in [0.1, 0.15) is 0 Å². The fourth-order valence-corrected chi connectivity index (χ4v) is 3.32. The zero-order valence-corrected chi connectivity index (χ0v) is 18.1. The van der Waals surface area contributed by atoms with Gasteiger partial charge in [-0.25, -0.2) is 9.69 Å². The molecule has 1 N–H and O–H groups in total. The number of ether oxygens (including phenoxy) is 1. The van der Waals surface area contributed by atoms with Crippen molar-refractivity contribution in [3.05, 3.63) is 65.2 Å². The number of carbonyl (C=O) groups excluding carboxylic acids is 4. The van der Waals surface area contributed by atoms with E-state index in [0.717, 1.165) is 10.5 Å². The van der Waals surface area contributed by atoms with Crippen molar-refractivity contribution in [1.82, 2.24) is 5.32 Å². The molecule has 1 aliphatic rings. The normalized spacial score (nSPS) is 16.5. The van der Waals surface area contributed by atoms with Gasteiger partial charge in [0, 0.05) is 11.1 Å². The molecule has 1 aliphatic heterocycles. The van der Waals surface area contributed by atoms with Crippen LogP contribution in [0.3, 0.4) is 0 Å². The molecule has 1 atom stereocenters. The van der Waals surface area contributed by atoms with Crippen LogP contribution < -0.4 is 10.2 Å². The van der Waals surface area contributed by atoms with E-state index < -0.39 is 12.0 Å². The maximum absolute atomic E-state index is 12.7. The maximum atomic E-state index is 12.7. The minimum atomic E-state index is -0.654. The number of benzene rings is 2. The number of amides is 2. The highest BCUT2D eigenvalue weighted by Gasteiger charge is 2.40. The van der Waals surface area contributed by atoms with Crippen molar-refractivity contribution in [1.29, 1.82) is 0 Å². The molecule has 1 unspecified atom stereocenters.